The first-order valence-electron chi connectivity index (χ1n) is 14.6. The average molecular weight is 509 g/mol. The molecule has 0 spiro atoms. The lowest BCUT2D eigenvalue weighted by atomic mass is 9.69. The number of allylic oxidation sites excluding steroid dienone is 1. The molecule has 0 bridgehead atoms. The molecule has 1 aromatic carbocycles. The van der Waals surface area contributed by atoms with Crippen LogP contribution in [0.15, 0.2) is 49.8 Å². The average Bonchev–Trinajstić information content (AvgIpc) is 2.94. The van der Waals surface area contributed by atoms with Gasteiger partial charge in [0, 0.05) is 5.56 Å². The molecule has 37 heavy (non-hydrogen) atoms. The van der Waals surface area contributed by atoms with Gasteiger partial charge in [0.25, 0.3) is 0 Å². The molecule has 2 fully saturated rings. The van der Waals surface area contributed by atoms with Crippen molar-refractivity contribution < 1.29 is 19.0 Å². The molecule has 0 N–H and O–H groups in total. The minimum Gasteiger partial charge on any atom is -0.494 e. The highest BCUT2D eigenvalue weighted by Gasteiger charge is 2.33. The second-order valence-corrected chi connectivity index (χ2v) is 10.9. The number of benzene rings is 1. The van der Waals surface area contributed by atoms with E-state index in [0.29, 0.717) is 30.5 Å². The van der Waals surface area contributed by atoms with Crippen molar-refractivity contribution in [2.45, 2.75) is 90.9 Å². The van der Waals surface area contributed by atoms with Crippen molar-refractivity contribution in [3.63, 3.8) is 0 Å². The summed E-state index contributed by atoms with van der Waals surface area (Å²) in [6, 6.07) is 5.86. The standard InChI is InChI=1S/C33H48O4/c1-6-24(4)35-21-9-10-22-36-25(5)31-19-20-32(27(8-3)23-31)37-33(34)30-17-15-29(16-18-30)28-13-11-26(7-2)12-14-28/h6,19-20,23,26,28-30H,1,4-5,7-18,21-22H2,2-3H3. The van der Waals surface area contributed by atoms with Gasteiger partial charge in [-0.3, -0.25) is 4.79 Å². The summed E-state index contributed by atoms with van der Waals surface area (Å²) in [6.07, 6.45) is 15.3. The predicted octanol–water partition coefficient (Wildman–Crippen LogP) is 8.66. The Morgan fingerprint density at radius 2 is 1.54 bits per heavy atom. The molecule has 1 aromatic rings. The van der Waals surface area contributed by atoms with Gasteiger partial charge in [-0.25, -0.2) is 0 Å². The summed E-state index contributed by atoms with van der Waals surface area (Å²) in [5.74, 6) is 4.48. The van der Waals surface area contributed by atoms with Crippen LogP contribution in [-0.2, 0) is 20.7 Å². The highest BCUT2D eigenvalue weighted by atomic mass is 16.5. The van der Waals surface area contributed by atoms with Crippen LogP contribution < -0.4 is 4.74 Å². The normalized spacial score (nSPS) is 23.6. The van der Waals surface area contributed by atoms with Gasteiger partial charge in [0.1, 0.15) is 17.3 Å². The summed E-state index contributed by atoms with van der Waals surface area (Å²) in [5.41, 5.74) is 1.93. The van der Waals surface area contributed by atoms with Gasteiger partial charge in [-0.2, -0.15) is 0 Å². The molecule has 2 saturated carbocycles. The molecule has 0 aliphatic heterocycles. The van der Waals surface area contributed by atoms with E-state index in [1.165, 1.54) is 44.9 Å². The maximum atomic E-state index is 13.0. The molecule has 0 amide bonds. The molecule has 2 aliphatic carbocycles. The number of rotatable bonds is 14. The lowest BCUT2D eigenvalue weighted by Crippen LogP contribution is -2.30. The summed E-state index contributed by atoms with van der Waals surface area (Å²) in [6.45, 7) is 17.0. The van der Waals surface area contributed by atoms with Gasteiger partial charge in [0.15, 0.2) is 0 Å². The van der Waals surface area contributed by atoms with Crippen molar-refractivity contribution in [2.24, 2.45) is 23.7 Å². The van der Waals surface area contributed by atoms with Gasteiger partial charge in [0.05, 0.1) is 19.1 Å². The Morgan fingerprint density at radius 3 is 2.14 bits per heavy atom. The minimum absolute atomic E-state index is 0.0264. The molecular weight excluding hydrogens is 460 g/mol. The Morgan fingerprint density at radius 1 is 0.919 bits per heavy atom. The summed E-state index contributed by atoms with van der Waals surface area (Å²) >= 11 is 0. The largest absolute Gasteiger partial charge is 0.494 e. The number of unbranched alkanes of at least 4 members (excludes halogenated alkanes) is 1. The van der Waals surface area contributed by atoms with Crippen LogP contribution in [0.1, 0.15) is 95.6 Å². The van der Waals surface area contributed by atoms with Gasteiger partial charge in [-0.1, -0.05) is 52.8 Å². The van der Waals surface area contributed by atoms with E-state index in [1.54, 1.807) is 6.08 Å². The number of hydrogen-bond donors (Lipinski definition) is 0. The molecule has 0 radical (unpaired) electrons. The molecule has 0 heterocycles. The van der Waals surface area contributed by atoms with Crippen LogP contribution in [0, 0.1) is 23.7 Å². The maximum absolute atomic E-state index is 13.0. The first kappa shape index (κ1) is 29.1. The fourth-order valence-electron chi connectivity index (χ4n) is 5.96. The van der Waals surface area contributed by atoms with E-state index in [2.05, 4.69) is 33.6 Å². The van der Waals surface area contributed by atoms with E-state index >= 15 is 0 Å². The van der Waals surface area contributed by atoms with E-state index in [4.69, 9.17) is 14.2 Å². The minimum atomic E-state index is -0.0629. The Kier molecular flexibility index (Phi) is 11.8. The van der Waals surface area contributed by atoms with Gasteiger partial charge < -0.3 is 14.2 Å². The van der Waals surface area contributed by atoms with Crippen molar-refractivity contribution >= 4 is 11.7 Å². The third kappa shape index (κ3) is 8.79. The fourth-order valence-corrected chi connectivity index (χ4v) is 5.96. The van der Waals surface area contributed by atoms with Gasteiger partial charge in [-0.05, 0) is 105 Å². The first-order chi connectivity index (χ1) is 17.9. The van der Waals surface area contributed by atoms with Crippen LogP contribution in [0.5, 0.6) is 5.75 Å². The second-order valence-electron chi connectivity index (χ2n) is 10.9. The van der Waals surface area contributed by atoms with E-state index < -0.39 is 0 Å². The van der Waals surface area contributed by atoms with Crippen molar-refractivity contribution in [3.05, 3.63) is 60.9 Å². The van der Waals surface area contributed by atoms with Crippen LogP contribution in [0.2, 0.25) is 0 Å². The maximum Gasteiger partial charge on any atom is 0.314 e. The quantitative estimate of drug-likeness (QED) is 0.0829. The third-order valence-corrected chi connectivity index (χ3v) is 8.54. The van der Waals surface area contributed by atoms with Crippen molar-refractivity contribution in [1.82, 2.24) is 0 Å². The lowest BCUT2D eigenvalue weighted by Gasteiger charge is -2.37. The molecule has 4 heteroatoms. The van der Waals surface area contributed by atoms with Crippen LogP contribution in [0.25, 0.3) is 5.76 Å². The van der Waals surface area contributed by atoms with Crippen LogP contribution >= 0.6 is 0 Å². The molecule has 4 nitrogen and oxygen atoms in total. The number of aryl methyl sites for hydroxylation is 1. The van der Waals surface area contributed by atoms with E-state index in [0.717, 1.165) is 61.0 Å². The highest BCUT2D eigenvalue weighted by molar-refractivity contribution is 5.76. The summed E-state index contributed by atoms with van der Waals surface area (Å²) in [7, 11) is 0. The zero-order chi connectivity index (χ0) is 26.6. The Balaban J connectivity index is 1.43. The van der Waals surface area contributed by atoms with Gasteiger partial charge in [0.2, 0.25) is 0 Å². The van der Waals surface area contributed by atoms with Crippen molar-refractivity contribution in [1.29, 1.82) is 0 Å². The topological polar surface area (TPSA) is 44.8 Å². The zero-order valence-corrected chi connectivity index (χ0v) is 23.3. The van der Waals surface area contributed by atoms with Crippen molar-refractivity contribution in [3.8, 4) is 5.75 Å². The number of ether oxygens (including phenoxy) is 3. The number of hydrogen-bond acceptors (Lipinski definition) is 4. The fraction of sp³-hybridized carbons (Fsp3) is 0.606. The number of carbonyl (C=O) groups is 1. The summed E-state index contributed by atoms with van der Waals surface area (Å²) in [5, 5.41) is 0. The zero-order valence-electron chi connectivity index (χ0n) is 23.3. The molecule has 0 atom stereocenters. The Labute approximate surface area is 225 Å². The lowest BCUT2D eigenvalue weighted by molar-refractivity contribution is -0.140. The Bertz CT molecular complexity index is 901. The van der Waals surface area contributed by atoms with E-state index in [-0.39, 0.29) is 11.9 Å². The van der Waals surface area contributed by atoms with E-state index in [1.807, 2.05) is 18.2 Å². The SMILES string of the molecule is C=CC(=C)OCCCCOC(=C)c1ccc(OC(=O)C2CCC(C3CCC(CC)CC3)CC2)c(CC)c1. The monoisotopic (exact) mass is 508 g/mol. The van der Waals surface area contributed by atoms with Gasteiger partial charge in [-0.15, -0.1) is 0 Å². The predicted molar refractivity (Wildman–Crippen MR) is 152 cm³/mol. The van der Waals surface area contributed by atoms with Crippen LogP contribution in [-0.4, -0.2) is 19.2 Å². The molecule has 0 saturated heterocycles. The van der Waals surface area contributed by atoms with Crippen LogP contribution in [0.3, 0.4) is 0 Å². The van der Waals surface area contributed by atoms with E-state index in [9.17, 15) is 4.79 Å². The second kappa shape index (κ2) is 15.1. The smallest absolute Gasteiger partial charge is 0.314 e. The molecule has 3 rings (SSSR count). The highest BCUT2D eigenvalue weighted by Crippen LogP contribution is 2.42. The van der Waals surface area contributed by atoms with Crippen LogP contribution in [0.4, 0.5) is 0 Å². The first-order valence-corrected chi connectivity index (χ1v) is 14.6. The molecule has 2 aliphatic rings. The van der Waals surface area contributed by atoms with Crippen molar-refractivity contribution in [2.75, 3.05) is 13.2 Å². The molecule has 0 unspecified atom stereocenters. The molecule has 0 aromatic heterocycles. The molecular formula is C33H48O4. The molecule has 204 valence electrons. The number of esters is 1. The Hall–Kier alpha value is -2.49. The van der Waals surface area contributed by atoms with Gasteiger partial charge >= 0.3 is 5.97 Å². The summed E-state index contributed by atoms with van der Waals surface area (Å²) < 4.78 is 17.2. The number of carbonyl (C=O) groups excluding carboxylic acids is 1. The summed E-state index contributed by atoms with van der Waals surface area (Å²) in [4.78, 5) is 13.0. The third-order valence-electron chi connectivity index (χ3n) is 8.54.